The number of nitrogens with zero attached hydrogens (tertiary/aromatic N) is 3. The maximum absolute atomic E-state index is 12.6. The van der Waals surface area contributed by atoms with E-state index in [0.29, 0.717) is 17.1 Å². The van der Waals surface area contributed by atoms with Gasteiger partial charge in [0, 0.05) is 35.8 Å². The second-order valence-electron chi connectivity index (χ2n) is 7.10. The molecule has 0 fully saturated rings. The SMILES string of the molecule is CC1=NN(c2ccc(C(=O)Nc3ccc4oc(C(C)C)nc4c3)cc2)CC1. The Kier molecular flexibility index (Phi) is 4.39. The van der Waals surface area contributed by atoms with E-state index in [9.17, 15) is 4.79 Å². The van der Waals surface area contributed by atoms with Crippen LogP contribution in [0.1, 0.15) is 49.4 Å². The lowest BCUT2D eigenvalue weighted by molar-refractivity contribution is 0.102. The van der Waals surface area contributed by atoms with Crippen molar-refractivity contribution in [3.63, 3.8) is 0 Å². The van der Waals surface area contributed by atoms with Crippen LogP contribution in [0.15, 0.2) is 52.0 Å². The van der Waals surface area contributed by atoms with Crippen LogP contribution < -0.4 is 10.3 Å². The summed E-state index contributed by atoms with van der Waals surface area (Å²) < 4.78 is 5.70. The molecule has 1 aliphatic heterocycles. The molecule has 3 aromatic rings. The minimum absolute atomic E-state index is 0.158. The molecular formula is C21H22N4O2. The smallest absolute Gasteiger partial charge is 0.255 e. The second-order valence-corrected chi connectivity index (χ2v) is 7.10. The molecule has 2 aromatic carbocycles. The van der Waals surface area contributed by atoms with Gasteiger partial charge in [0.1, 0.15) is 5.52 Å². The molecule has 1 aromatic heterocycles. The lowest BCUT2D eigenvalue weighted by Gasteiger charge is -2.14. The van der Waals surface area contributed by atoms with E-state index in [1.165, 1.54) is 0 Å². The highest BCUT2D eigenvalue weighted by molar-refractivity contribution is 6.05. The number of amides is 1. The van der Waals surface area contributed by atoms with Gasteiger partial charge < -0.3 is 9.73 Å². The topological polar surface area (TPSA) is 70.7 Å². The zero-order valence-electron chi connectivity index (χ0n) is 15.7. The predicted molar refractivity (Wildman–Crippen MR) is 108 cm³/mol. The maximum Gasteiger partial charge on any atom is 0.255 e. The van der Waals surface area contributed by atoms with Crippen molar-refractivity contribution in [2.45, 2.75) is 33.1 Å². The number of oxazole rings is 1. The van der Waals surface area contributed by atoms with E-state index in [-0.39, 0.29) is 11.8 Å². The maximum atomic E-state index is 12.6. The Balaban J connectivity index is 1.49. The Bertz CT molecular complexity index is 1020. The fraction of sp³-hybridized carbons (Fsp3) is 0.286. The van der Waals surface area contributed by atoms with E-state index >= 15 is 0 Å². The number of hydrazone groups is 1. The summed E-state index contributed by atoms with van der Waals surface area (Å²) in [7, 11) is 0. The van der Waals surface area contributed by atoms with Crippen LogP contribution in [0.2, 0.25) is 0 Å². The minimum Gasteiger partial charge on any atom is -0.440 e. The number of carbonyl (C=O) groups is 1. The first kappa shape index (κ1) is 17.3. The van der Waals surface area contributed by atoms with Crippen LogP contribution in [0.25, 0.3) is 11.1 Å². The molecule has 0 radical (unpaired) electrons. The summed E-state index contributed by atoms with van der Waals surface area (Å²) in [6, 6.07) is 13.0. The summed E-state index contributed by atoms with van der Waals surface area (Å²) in [5, 5.41) is 9.36. The molecule has 1 amide bonds. The van der Waals surface area contributed by atoms with E-state index in [2.05, 4.69) is 15.4 Å². The fourth-order valence-electron chi connectivity index (χ4n) is 3.02. The van der Waals surface area contributed by atoms with Crippen molar-refractivity contribution in [1.82, 2.24) is 4.98 Å². The standard InChI is InChI=1S/C21H22N4O2/c1-13(2)21-23-18-12-16(6-9-19(18)27-21)22-20(26)15-4-7-17(8-5-15)25-11-10-14(3)24-25/h4-9,12-13H,10-11H2,1-3H3,(H,22,26). The number of fused-ring (bicyclic) bond motifs is 1. The zero-order valence-corrected chi connectivity index (χ0v) is 15.7. The van der Waals surface area contributed by atoms with Crippen molar-refractivity contribution in [2.24, 2.45) is 5.10 Å². The first-order valence-electron chi connectivity index (χ1n) is 9.13. The molecule has 1 N–H and O–H groups in total. The molecule has 27 heavy (non-hydrogen) atoms. The Morgan fingerprint density at radius 1 is 1.19 bits per heavy atom. The number of anilines is 2. The Hall–Kier alpha value is -3.15. The third-order valence-electron chi connectivity index (χ3n) is 4.56. The van der Waals surface area contributed by atoms with E-state index in [1.54, 1.807) is 0 Å². The van der Waals surface area contributed by atoms with Crippen molar-refractivity contribution in [1.29, 1.82) is 0 Å². The average molecular weight is 362 g/mol. The largest absolute Gasteiger partial charge is 0.440 e. The third kappa shape index (κ3) is 3.56. The lowest BCUT2D eigenvalue weighted by Crippen LogP contribution is -2.14. The molecule has 0 bridgehead atoms. The van der Waals surface area contributed by atoms with Gasteiger partial charge in [-0.1, -0.05) is 13.8 Å². The monoisotopic (exact) mass is 362 g/mol. The summed E-state index contributed by atoms with van der Waals surface area (Å²) in [5.41, 5.74) is 4.88. The van der Waals surface area contributed by atoms with Crippen molar-refractivity contribution < 1.29 is 9.21 Å². The molecule has 0 spiro atoms. The average Bonchev–Trinajstić information content (AvgIpc) is 3.28. The molecule has 6 heteroatoms. The molecule has 1 aliphatic rings. The van der Waals surface area contributed by atoms with Crippen molar-refractivity contribution in [3.8, 4) is 0 Å². The number of rotatable bonds is 4. The van der Waals surface area contributed by atoms with Crippen LogP contribution in [-0.2, 0) is 0 Å². The number of benzene rings is 2. The third-order valence-corrected chi connectivity index (χ3v) is 4.56. The van der Waals surface area contributed by atoms with Crippen molar-refractivity contribution in [2.75, 3.05) is 16.9 Å². The van der Waals surface area contributed by atoms with E-state index in [0.717, 1.165) is 35.5 Å². The quantitative estimate of drug-likeness (QED) is 0.724. The van der Waals surface area contributed by atoms with Crippen LogP contribution in [0.4, 0.5) is 11.4 Å². The molecule has 0 unspecified atom stereocenters. The Labute approximate surface area is 157 Å². The molecule has 6 nitrogen and oxygen atoms in total. The first-order chi connectivity index (χ1) is 13.0. The van der Waals surface area contributed by atoms with E-state index < -0.39 is 0 Å². The van der Waals surface area contributed by atoms with Gasteiger partial charge in [-0.15, -0.1) is 0 Å². The van der Waals surface area contributed by atoms with Gasteiger partial charge in [-0.05, 0) is 49.4 Å². The molecule has 0 aliphatic carbocycles. The fourth-order valence-corrected chi connectivity index (χ4v) is 3.02. The van der Waals surface area contributed by atoms with Crippen LogP contribution >= 0.6 is 0 Å². The highest BCUT2D eigenvalue weighted by atomic mass is 16.3. The summed E-state index contributed by atoms with van der Waals surface area (Å²) >= 11 is 0. The van der Waals surface area contributed by atoms with Gasteiger partial charge >= 0.3 is 0 Å². The molecular weight excluding hydrogens is 340 g/mol. The zero-order chi connectivity index (χ0) is 19.0. The minimum atomic E-state index is -0.158. The molecule has 0 atom stereocenters. The number of aromatic nitrogens is 1. The number of hydrogen-bond donors (Lipinski definition) is 1. The van der Waals surface area contributed by atoms with Gasteiger partial charge in [0.05, 0.1) is 5.69 Å². The van der Waals surface area contributed by atoms with E-state index in [4.69, 9.17) is 4.42 Å². The van der Waals surface area contributed by atoms with Crippen molar-refractivity contribution in [3.05, 3.63) is 53.9 Å². The summed E-state index contributed by atoms with van der Waals surface area (Å²) in [6.45, 7) is 6.97. The van der Waals surface area contributed by atoms with Crippen molar-refractivity contribution >= 4 is 34.1 Å². The highest BCUT2D eigenvalue weighted by Gasteiger charge is 2.14. The van der Waals surface area contributed by atoms with Gasteiger partial charge in [0.15, 0.2) is 11.5 Å². The van der Waals surface area contributed by atoms with E-state index in [1.807, 2.05) is 68.2 Å². The second kappa shape index (κ2) is 6.87. The number of carbonyl (C=O) groups excluding carboxylic acids is 1. The van der Waals surface area contributed by atoms with Gasteiger partial charge in [0.2, 0.25) is 0 Å². The predicted octanol–water partition coefficient (Wildman–Crippen LogP) is 4.79. The van der Waals surface area contributed by atoms with Gasteiger partial charge in [-0.3, -0.25) is 9.80 Å². The van der Waals surface area contributed by atoms with Gasteiger partial charge in [0.25, 0.3) is 5.91 Å². The Morgan fingerprint density at radius 2 is 1.96 bits per heavy atom. The molecule has 138 valence electrons. The van der Waals surface area contributed by atoms with Gasteiger partial charge in [-0.2, -0.15) is 5.10 Å². The van der Waals surface area contributed by atoms with Crippen LogP contribution in [-0.4, -0.2) is 23.1 Å². The van der Waals surface area contributed by atoms with Crippen LogP contribution in [0.3, 0.4) is 0 Å². The molecule has 2 heterocycles. The number of hydrogen-bond acceptors (Lipinski definition) is 5. The van der Waals surface area contributed by atoms with Crippen LogP contribution in [0, 0.1) is 0 Å². The summed E-state index contributed by atoms with van der Waals surface area (Å²) in [6.07, 6.45) is 0.977. The summed E-state index contributed by atoms with van der Waals surface area (Å²) in [5.74, 6) is 0.760. The van der Waals surface area contributed by atoms with Gasteiger partial charge in [-0.25, -0.2) is 4.98 Å². The Morgan fingerprint density at radius 3 is 2.63 bits per heavy atom. The highest BCUT2D eigenvalue weighted by Crippen LogP contribution is 2.24. The lowest BCUT2D eigenvalue weighted by atomic mass is 10.2. The van der Waals surface area contributed by atoms with Crippen LogP contribution in [0.5, 0.6) is 0 Å². The molecule has 0 saturated heterocycles. The number of nitrogens with one attached hydrogen (secondary N) is 1. The molecule has 0 saturated carbocycles. The molecule has 4 rings (SSSR count). The first-order valence-corrected chi connectivity index (χ1v) is 9.13. The normalized spacial score (nSPS) is 14.1. The summed E-state index contributed by atoms with van der Waals surface area (Å²) in [4.78, 5) is 17.0.